The molecule has 0 aromatic carbocycles. The van der Waals surface area contributed by atoms with Gasteiger partial charge in [0.1, 0.15) is 17.5 Å². The van der Waals surface area contributed by atoms with Crippen molar-refractivity contribution in [1.82, 2.24) is 9.97 Å². The number of rotatable bonds is 2. The summed E-state index contributed by atoms with van der Waals surface area (Å²) in [5.41, 5.74) is 6.83. The molecule has 0 unspecified atom stereocenters. The van der Waals surface area contributed by atoms with Crippen LogP contribution >= 0.6 is 0 Å². The van der Waals surface area contributed by atoms with Gasteiger partial charge < -0.3 is 15.5 Å². The average molecular weight is 207 g/mol. The van der Waals surface area contributed by atoms with Gasteiger partial charge in [0, 0.05) is 33.3 Å². The third-order valence-corrected chi connectivity index (χ3v) is 2.67. The first-order valence-electron chi connectivity index (χ1n) is 5.11. The molecule has 1 aliphatic rings. The number of nitrogens with two attached hydrogens (primary N) is 1. The lowest BCUT2D eigenvalue weighted by Crippen LogP contribution is -2.18. The van der Waals surface area contributed by atoms with Gasteiger partial charge in [-0.25, -0.2) is 9.97 Å². The van der Waals surface area contributed by atoms with Crippen LogP contribution in [0, 0.1) is 0 Å². The molecule has 0 bridgehead atoms. The highest BCUT2D eigenvalue weighted by Gasteiger charge is 2.23. The van der Waals surface area contributed by atoms with Crippen molar-refractivity contribution in [3.63, 3.8) is 0 Å². The molecule has 5 heteroatoms. The SMILES string of the molecule is CN(C)c1nc(CN)nc2c1CCN2C. The summed E-state index contributed by atoms with van der Waals surface area (Å²) in [4.78, 5) is 13.1. The maximum atomic E-state index is 5.60. The second-order valence-electron chi connectivity index (χ2n) is 4.04. The Morgan fingerprint density at radius 2 is 2.13 bits per heavy atom. The lowest BCUT2D eigenvalue weighted by molar-refractivity contribution is 0.880. The molecule has 0 saturated carbocycles. The molecule has 0 fully saturated rings. The summed E-state index contributed by atoms with van der Waals surface area (Å²) in [6.07, 6.45) is 1.02. The third-order valence-electron chi connectivity index (χ3n) is 2.67. The van der Waals surface area contributed by atoms with Gasteiger partial charge in [-0.2, -0.15) is 0 Å². The number of anilines is 2. The van der Waals surface area contributed by atoms with Gasteiger partial charge >= 0.3 is 0 Å². The molecule has 0 spiro atoms. The van der Waals surface area contributed by atoms with Gasteiger partial charge in [-0.3, -0.25) is 0 Å². The molecule has 1 aromatic rings. The van der Waals surface area contributed by atoms with E-state index in [1.807, 2.05) is 19.0 Å². The van der Waals surface area contributed by atoms with Crippen LogP contribution in [0.25, 0.3) is 0 Å². The topological polar surface area (TPSA) is 58.3 Å². The molecule has 0 aliphatic carbocycles. The summed E-state index contributed by atoms with van der Waals surface area (Å²) in [5.74, 6) is 2.75. The molecule has 1 aromatic heterocycles. The highest BCUT2D eigenvalue weighted by molar-refractivity contribution is 5.63. The number of likely N-dealkylation sites (N-methyl/N-ethyl adjacent to an activating group) is 1. The number of hydrogen-bond acceptors (Lipinski definition) is 5. The average Bonchev–Trinajstić information content (AvgIpc) is 2.59. The normalized spacial score (nSPS) is 14.3. The number of fused-ring (bicyclic) bond motifs is 1. The second kappa shape index (κ2) is 3.66. The van der Waals surface area contributed by atoms with E-state index >= 15 is 0 Å². The summed E-state index contributed by atoms with van der Waals surface area (Å²) in [6.45, 7) is 1.40. The Labute approximate surface area is 89.9 Å². The molecule has 0 amide bonds. The minimum atomic E-state index is 0.391. The lowest BCUT2D eigenvalue weighted by Gasteiger charge is -2.17. The molecule has 0 atom stereocenters. The quantitative estimate of drug-likeness (QED) is 0.739. The van der Waals surface area contributed by atoms with Crippen LogP contribution in [-0.2, 0) is 13.0 Å². The summed E-state index contributed by atoms with van der Waals surface area (Å²) in [7, 11) is 6.06. The summed E-state index contributed by atoms with van der Waals surface area (Å²) < 4.78 is 0. The first-order chi connectivity index (χ1) is 7.13. The zero-order valence-electron chi connectivity index (χ0n) is 9.49. The molecule has 0 radical (unpaired) electrons. The first-order valence-corrected chi connectivity index (χ1v) is 5.11. The fourth-order valence-corrected chi connectivity index (χ4v) is 1.89. The standard InChI is InChI=1S/C10H17N5/c1-14(2)9-7-4-5-15(3)10(7)13-8(6-11)12-9/h4-6,11H2,1-3H3. The summed E-state index contributed by atoms with van der Waals surface area (Å²) in [5, 5.41) is 0. The zero-order valence-corrected chi connectivity index (χ0v) is 9.49. The smallest absolute Gasteiger partial charge is 0.146 e. The van der Waals surface area contributed by atoms with Gasteiger partial charge in [-0.15, -0.1) is 0 Å². The molecule has 1 aliphatic heterocycles. The van der Waals surface area contributed by atoms with Crippen LogP contribution in [-0.4, -0.2) is 37.7 Å². The number of aromatic nitrogens is 2. The molecule has 2 N–H and O–H groups in total. The van der Waals surface area contributed by atoms with Gasteiger partial charge in [-0.05, 0) is 6.42 Å². The first kappa shape index (κ1) is 10.2. The minimum Gasteiger partial charge on any atom is -0.362 e. The number of nitrogens with zero attached hydrogens (tertiary/aromatic N) is 4. The highest BCUT2D eigenvalue weighted by Crippen LogP contribution is 2.30. The van der Waals surface area contributed by atoms with Crippen LogP contribution in [0.3, 0.4) is 0 Å². The Hall–Kier alpha value is -1.36. The predicted octanol–water partition coefficient (Wildman–Crippen LogP) is -0.00640. The maximum absolute atomic E-state index is 5.60. The van der Waals surface area contributed by atoms with E-state index in [9.17, 15) is 0 Å². The summed E-state index contributed by atoms with van der Waals surface area (Å²) in [6, 6.07) is 0. The van der Waals surface area contributed by atoms with E-state index in [4.69, 9.17) is 5.73 Å². The van der Waals surface area contributed by atoms with E-state index in [1.165, 1.54) is 5.56 Å². The Morgan fingerprint density at radius 3 is 2.73 bits per heavy atom. The van der Waals surface area contributed by atoms with Crippen LogP contribution in [0.4, 0.5) is 11.6 Å². The van der Waals surface area contributed by atoms with Gasteiger partial charge in [0.2, 0.25) is 0 Å². The molecule has 15 heavy (non-hydrogen) atoms. The van der Waals surface area contributed by atoms with E-state index in [-0.39, 0.29) is 0 Å². The zero-order chi connectivity index (χ0) is 11.0. The van der Waals surface area contributed by atoms with Crippen molar-refractivity contribution < 1.29 is 0 Å². The van der Waals surface area contributed by atoms with Crippen molar-refractivity contribution in [3.05, 3.63) is 11.4 Å². The van der Waals surface area contributed by atoms with E-state index in [0.717, 1.165) is 24.6 Å². The van der Waals surface area contributed by atoms with Gasteiger partial charge in [0.25, 0.3) is 0 Å². The molecular weight excluding hydrogens is 190 g/mol. The third kappa shape index (κ3) is 1.63. The fourth-order valence-electron chi connectivity index (χ4n) is 1.89. The van der Waals surface area contributed by atoms with E-state index < -0.39 is 0 Å². The van der Waals surface area contributed by atoms with Crippen LogP contribution in [0.15, 0.2) is 0 Å². The van der Waals surface area contributed by atoms with Crippen LogP contribution in [0.1, 0.15) is 11.4 Å². The Kier molecular flexibility index (Phi) is 2.48. The van der Waals surface area contributed by atoms with E-state index in [2.05, 4.69) is 21.9 Å². The van der Waals surface area contributed by atoms with Gasteiger partial charge in [-0.1, -0.05) is 0 Å². The molecule has 82 valence electrons. The van der Waals surface area contributed by atoms with Crippen LogP contribution in [0.5, 0.6) is 0 Å². The Morgan fingerprint density at radius 1 is 1.40 bits per heavy atom. The molecule has 2 heterocycles. The predicted molar refractivity (Wildman–Crippen MR) is 61.2 cm³/mol. The van der Waals surface area contributed by atoms with Crippen molar-refractivity contribution in [2.45, 2.75) is 13.0 Å². The largest absolute Gasteiger partial charge is 0.362 e. The summed E-state index contributed by atoms with van der Waals surface area (Å²) >= 11 is 0. The van der Waals surface area contributed by atoms with Crippen molar-refractivity contribution in [3.8, 4) is 0 Å². The van der Waals surface area contributed by atoms with Crippen molar-refractivity contribution in [2.24, 2.45) is 5.73 Å². The monoisotopic (exact) mass is 207 g/mol. The van der Waals surface area contributed by atoms with Crippen molar-refractivity contribution in [2.75, 3.05) is 37.5 Å². The minimum absolute atomic E-state index is 0.391. The molecular formula is C10H17N5. The maximum Gasteiger partial charge on any atom is 0.146 e. The number of hydrogen-bond donors (Lipinski definition) is 1. The van der Waals surface area contributed by atoms with Crippen LogP contribution < -0.4 is 15.5 Å². The second-order valence-corrected chi connectivity index (χ2v) is 4.04. The van der Waals surface area contributed by atoms with Gasteiger partial charge in [0.05, 0.1) is 6.54 Å². The highest BCUT2D eigenvalue weighted by atomic mass is 15.2. The molecule has 2 rings (SSSR count). The van der Waals surface area contributed by atoms with Crippen molar-refractivity contribution in [1.29, 1.82) is 0 Å². The van der Waals surface area contributed by atoms with E-state index in [1.54, 1.807) is 0 Å². The molecule has 0 saturated heterocycles. The Bertz CT molecular complexity index is 374. The fraction of sp³-hybridized carbons (Fsp3) is 0.600. The lowest BCUT2D eigenvalue weighted by atomic mass is 10.2. The molecule has 5 nitrogen and oxygen atoms in total. The van der Waals surface area contributed by atoms with Crippen molar-refractivity contribution >= 4 is 11.6 Å². The Balaban J connectivity index is 2.55. The van der Waals surface area contributed by atoms with E-state index in [0.29, 0.717) is 12.4 Å². The van der Waals surface area contributed by atoms with Crippen LogP contribution in [0.2, 0.25) is 0 Å². The van der Waals surface area contributed by atoms with Gasteiger partial charge in [0.15, 0.2) is 0 Å².